The molecule has 3 atom stereocenters. The van der Waals surface area contributed by atoms with Crippen LogP contribution in [0, 0.1) is 5.92 Å². The fourth-order valence-electron chi connectivity index (χ4n) is 4.41. The summed E-state index contributed by atoms with van der Waals surface area (Å²) in [6.45, 7) is 0.844. The van der Waals surface area contributed by atoms with Crippen LogP contribution in [0.2, 0.25) is 0 Å². The normalized spacial score (nSPS) is 26.2. The third kappa shape index (κ3) is 4.60. The van der Waals surface area contributed by atoms with Gasteiger partial charge in [-0.25, -0.2) is 0 Å². The molecule has 2 aliphatic rings. The number of aryl methyl sites for hydroxylation is 1. The zero-order valence-corrected chi connectivity index (χ0v) is 14.7. The number of hydrogen-bond acceptors (Lipinski definition) is 3. The number of rotatable bonds is 7. The van der Waals surface area contributed by atoms with E-state index in [0.29, 0.717) is 18.9 Å². The van der Waals surface area contributed by atoms with E-state index in [1.165, 1.54) is 12.0 Å². The number of aliphatic carboxylic acids is 1. The maximum absolute atomic E-state index is 12.3. The molecule has 1 aliphatic heterocycles. The SMILES string of the molecule is O=C(CN1[C@@H]2CCCC[C@@H]2C[C@H]1C(=O)O)NCCCc1ccccc1. The Morgan fingerprint density at radius 1 is 1.16 bits per heavy atom. The fourth-order valence-corrected chi connectivity index (χ4v) is 4.41. The Kier molecular flexibility index (Phi) is 6.08. The van der Waals surface area contributed by atoms with E-state index in [4.69, 9.17) is 0 Å². The number of likely N-dealkylation sites (tertiary alicyclic amines) is 1. The van der Waals surface area contributed by atoms with Crippen LogP contribution in [0.4, 0.5) is 0 Å². The van der Waals surface area contributed by atoms with Gasteiger partial charge in [0.15, 0.2) is 0 Å². The molecule has 0 spiro atoms. The minimum Gasteiger partial charge on any atom is -0.480 e. The predicted molar refractivity (Wildman–Crippen MR) is 96.3 cm³/mol. The molecule has 1 aromatic rings. The Morgan fingerprint density at radius 2 is 1.92 bits per heavy atom. The molecule has 0 bridgehead atoms. The molecular weight excluding hydrogens is 316 g/mol. The number of benzene rings is 1. The van der Waals surface area contributed by atoms with Crippen molar-refractivity contribution in [2.24, 2.45) is 5.92 Å². The maximum Gasteiger partial charge on any atom is 0.320 e. The predicted octanol–water partition coefficient (Wildman–Crippen LogP) is 2.45. The largest absolute Gasteiger partial charge is 0.480 e. The van der Waals surface area contributed by atoms with Crippen molar-refractivity contribution in [2.75, 3.05) is 13.1 Å². The maximum atomic E-state index is 12.3. The van der Waals surface area contributed by atoms with Gasteiger partial charge in [-0.15, -0.1) is 0 Å². The lowest BCUT2D eigenvalue weighted by atomic mass is 9.85. The Bertz CT molecular complexity index is 590. The van der Waals surface area contributed by atoms with Gasteiger partial charge in [0.1, 0.15) is 6.04 Å². The number of fused-ring (bicyclic) bond motifs is 1. The van der Waals surface area contributed by atoms with Crippen LogP contribution in [0.3, 0.4) is 0 Å². The minimum absolute atomic E-state index is 0.0504. The van der Waals surface area contributed by atoms with E-state index in [1.807, 2.05) is 23.1 Å². The van der Waals surface area contributed by atoms with Gasteiger partial charge in [-0.1, -0.05) is 43.2 Å². The van der Waals surface area contributed by atoms with Crippen molar-refractivity contribution in [1.29, 1.82) is 0 Å². The molecule has 136 valence electrons. The van der Waals surface area contributed by atoms with Gasteiger partial charge in [-0.3, -0.25) is 14.5 Å². The van der Waals surface area contributed by atoms with Crippen LogP contribution in [0.5, 0.6) is 0 Å². The molecule has 25 heavy (non-hydrogen) atoms. The molecule has 1 saturated carbocycles. The van der Waals surface area contributed by atoms with Crippen LogP contribution in [0.1, 0.15) is 44.1 Å². The minimum atomic E-state index is -0.786. The first-order valence-electron chi connectivity index (χ1n) is 9.44. The van der Waals surface area contributed by atoms with Crippen LogP contribution in [0.15, 0.2) is 30.3 Å². The van der Waals surface area contributed by atoms with E-state index in [1.54, 1.807) is 0 Å². The van der Waals surface area contributed by atoms with Gasteiger partial charge in [0.05, 0.1) is 6.54 Å². The number of carbonyl (C=O) groups excluding carboxylic acids is 1. The quantitative estimate of drug-likeness (QED) is 0.746. The van der Waals surface area contributed by atoms with Crippen molar-refractivity contribution >= 4 is 11.9 Å². The average Bonchev–Trinajstić information content (AvgIpc) is 2.99. The second kappa shape index (κ2) is 8.48. The monoisotopic (exact) mass is 344 g/mol. The third-order valence-electron chi connectivity index (χ3n) is 5.64. The first kappa shape index (κ1) is 17.9. The summed E-state index contributed by atoms with van der Waals surface area (Å²) in [5.74, 6) is -0.391. The molecule has 1 heterocycles. The van der Waals surface area contributed by atoms with Crippen molar-refractivity contribution in [2.45, 2.75) is 57.0 Å². The van der Waals surface area contributed by atoms with E-state index in [-0.39, 0.29) is 18.5 Å². The van der Waals surface area contributed by atoms with Crippen LogP contribution in [0.25, 0.3) is 0 Å². The summed E-state index contributed by atoms with van der Waals surface area (Å²) in [4.78, 5) is 25.8. The van der Waals surface area contributed by atoms with Crippen molar-refractivity contribution in [3.63, 3.8) is 0 Å². The summed E-state index contributed by atoms with van der Waals surface area (Å²) < 4.78 is 0. The molecule has 1 amide bonds. The Hall–Kier alpha value is -1.88. The number of nitrogens with one attached hydrogen (secondary N) is 1. The molecule has 1 aromatic carbocycles. The number of carboxylic acid groups (broad SMARTS) is 1. The summed E-state index contributed by atoms with van der Waals surface area (Å²) in [5, 5.41) is 12.5. The number of hydrogen-bond donors (Lipinski definition) is 2. The highest BCUT2D eigenvalue weighted by atomic mass is 16.4. The van der Waals surface area contributed by atoms with Gasteiger partial charge < -0.3 is 10.4 Å². The summed E-state index contributed by atoms with van der Waals surface area (Å²) in [6.07, 6.45) is 6.98. The molecule has 0 aromatic heterocycles. The van der Waals surface area contributed by atoms with Crippen LogP contribution < -0.4 is 5.32 Å². The number of carboxylic acids is 1. The lowest BCUT2D eigenvalue weighted by molar-refractivity contribution is -0.143. The Balaban J connectivity index is 1.46. The topological polar surface area (TPSA) is 69.6 Å². The number of amides is 1. The zero-order valence-electron chi connectivity index (χ0n) is 14.7. The standard InChI is InChI=1S/C20H28N2O3/c23-19(21-12-6-9-15-7-2-1-3-8-15)14-22-17-11-5-4-10-16(17)13-18(22)20(24)25/h1-3,7-8,16-18H,4-6,9-14H2,(H,21,23)(H,24,25)/t16-,17-,18+/m1/s1. The summed E-state index contributed by atoms with van der Waals surface area (Å²) >= 11 is 0. The molecule has 0 radical (unpaired) electrons. The average molecular weight is 344 g/mol. The Labute approximate surface area is 149 Å². The number of carbonyl (C=O) groups is 2. The summed E-state index contributed by atoms with van der Waals surface area (Å²) in [6, 6.07) is 9.99. The smallest absolute Gasteiger partial charge is 0.320 e. The van der Waals surface area contributed by atoms with Crippen LogP contribution in [-0.4, -0.2) is 47.1 Å². The van der Waals surface area contributed by atoms with E-state index in [2.05, 4.69) is 17.4 Å². The Morgan fingerprint density at radius 3 is 2.68 bits per heavy atom. The van der Waals surface area contributed by atoms with Gasteiger partial charge in [0, 0.05) is 12.6 Å². The fraction of sp³-hybridized carbons (Fsp3) is 0.600. The van der Waals surface area contributed by atoms with E-state index in [9.17, 15) is 14.7 Å². The highest BCUT2D eigenvalue weighted by molar-refractivity contribution is 5.80. The second-order valence-electron chi connectivity index (χ2n) is 7.31. The van der Waals surface area contributed by atoms with Crippen molar-refractivity contribution in [3.05, 3.63) is 35.9 Å². The van der Waals surface area contributed by atoms with Gasteiger partial charge in [-0.05, 0) is 43.6 Å². The lowest BCUT2D eigenvalue weighted by Gasteiger charge is -2.32. The second-order valence-corrected chi connectivity index (χ2v) is 7.31. The molecule has 3 rings (SSSR count). The molecule has 5 heteroatoms. The first-order chi connectivity index (χ1) is 12.1. The van der Waals surface area contributed by atoms with E-state index < -0.39 is 12.0 Å². The van der Waals surface area contributed by atoms with E-state index >= 15 is 0 Å². The van der Waals surface area contributed by atoms with Crippen LogP contribution >= 0.6 is 0 Å². The number of nitrogens with zero attached hydrogens (tertiary/aromatic N) is 1. The van der Waals surface area contributed by atoms with Gasteiger partial charge in [-0.2, -0.15) is 0 Å². The highest BCUT2D eigenvalue weighted by Crippen LogP contribution is 2.39. The molecular formula is C20H28N2O3. The van der Waals surface area contributed by atoms with Gasteiger partial charge in [0.25, 0.3) is 0 Å². The van der Waals surface area contributed by atoms with Crippen molar-refractivity contribution in [3.8, 4) is 0 Å². The van der Waals surface area contributed by atoms with Gasteiger partial charge in [0.2, 0.25) is 5.91 Å². The van der Waals surface area contributed by atoms with Crippen molar-refractivity contribution in [1.82, 2.24) is 10.2 Å². The molecule has 1 saturated heterocycles. The van der Waals surface area contributed by atoms with E-state index in [0.717, 1.165) is 32.1 Å². The molecule has 5 nitrogen and oxygen atoms in total. The van der Waals surface area contributed by atoms with Crippen molar-refractivity contribution < 1.29 is 14.7 Å². The summed E-state index contributed by atoms with van der Waals surface area (Å²) in [5.41, 5.74) is 1.27. The highest BCUT2D eigenvalue weighted by Gasteiger charge is 2.45. The van der Waals surface area contributed by atoms with Crippen LogP contribution in [-0.2, 0) is 16.0 Å². The summed E-state index contributed by atoms with van der Waals surface area (Å²) in [7, 11) is 0. The molecule has 2 N–H and O–H groups in total. The lowest BCUT2D eigenvalue weighted by Crippen LogP contribution is -2.47. The molecule has 2 fully saturated rings. The first-order valence-corrected chi connectivity index (χ1v) is 9.44. The van der Waals surface area contributed by atoms with Gasteiger partial charge >= 0.3 is 5.97 Å². The third-order valence-corrected chi connectivity index (χ3v) is 5.64. The zero-order chi connectivity index (χ0) is 17.6. The molecule has 0 unspecified atom stereocenters. The molecule has 1 aliphatic carbocycles.